The van der Waals surface area contributed by atoms with Crippen molar-refractivity contribution in [3.63, 3.8) is 0 Å². The van der Waals surface area contributed by atoms with Gasteiger partial charge in [0.25, 0.3) is 0 Å². The molecule has 1 heterocycles. The summed E-state index contributed by atoms with van der Waals surface area (Å²) < 4.78 is 5.37. The lowest BCUT2D eigenvalue weighted by atomic mass is 9.75. The van der Waals surface area contributed by atoms with E-state index in [4.69, 9.17) is 11.3 Å². The van der Waals surface area contributed by atoms with E-state index in [1.807, 2.05) is 12.1 Å². The number of hydrogen-bond donors (Lipinski definition) is 2. The predicted octanol–water partition coefficient (Wildman–Crippen LogP) is 10.4. The van der Waals surface area contributed by atoms with Crippen molar-refractivity contribution in [1.82, 2.24) is 10.6 Å². The highest BCUT2D eigenvalue weighted by Crippen LogP contribution is 2.37. The Morgan fingerprint density at radius 1 is 0.889 bits per heavy atom. The van der Waals surface area contributed by atoms with Gasteiger partial charge in [-0.3, -0.25) is 0 Å². The molecule has 1 aliphatic heterocycles. The zero-order chi connectivity index (χ0) is 32.9. The maximum Gasteiger partial charge on any atom is 0.118 e. The van der Waals surface area contributed by atoms with E-state index >= 15 is 0 Å². The van der Waals surface area contributed by atoms with Crippen LogP contribution in [0.1, 0.15) is 83.8 Å². The maximum atomic E-state index is 5.37. The van der Waals surface area contributed by atoms with Gasteiger partial charge >= 0.3 is 0 Å². The monoisotopic (exact) mass is 608 g/mol. The summed E-state index contributed by atoms with van der Waals surface area (Å²) in [7, 11) is 1.70. The second kappa shape index (κ2) is 17.9. The van der Waals surface area contributed by atoms with Crippen LogP contribution in [-0.2, 0) is 6.42 Å². The Kier molecular flexibility index (Phi) is 14.3. The Bertz CT molecular complexity index is 1270. The maximum absolute atomic E-state index is 5.37. The minimum Gasteiger partial charge on any atom is -0.497 e. The summed E-state index contributed by atoms with van der Waals surface area (Å²) in [5.74, 6) is 3.81. The van der Waals surface area contributed by atoms with Crippen LogP contribution in [0.2, 0.25) is 0 Å². The van der Waals surface area contributed by atoms with Gasteiger partial charge in [-0.1, -0.05) is 121 Å². The smallest absolute Gasteiger partial charge is 0.118 e. The lowest BCUT2D eigenvalue weighted by molar-refractivity contribution is 0.306. The van der Waals surface area contributed by atoms with E-state index in [1.54, 1.807) is 7.11 Å². The zero-order valence-electron chi connectivity index (χ0n) is 29.1. The largest absolute Gasteiger partial charge is 0.497 e. The predicted molar refractivity (Wildman–Crippen MR) is 195 cm³/mol. The summed E-state index contributed by atoms with van der Waals surface area (Å²) in [5.41, 5.74) is 7.19. The Labute approximate surface area is 275 Å². The second-order valence-electron chi connectivity index (χ2n) is 14.1. The highest BCUT2D eigenvalue weighted by atomic mass is 16.5. The molecule has 1 aliphatic rings. The van der Waals surface area contributed by atoms with Gasteiger partial charge in [-0.05, 0) is 103 Å². The molecule has 0 amide bonds. The molecule has 2 aromatic rings. The minimum absolute atomic E-state index is 0.00109. The highest BCUT2D eigenvalue weighted by molar-refractivity contribution is 5.30. The van der Waals surface area contributed by atoms with Gasteiger partial charge in [-0.15, -0.1) is 0 Å². The van der Waals surface area contributed by atoms with Crippen molar-refractivity contribution in [1.29, 1.82) is 0 Å². The van der Waals surface area contributed by atoms with E-state index in [0.29, 0.717) is 35.5 Å². The quantitative estimate of drug-likeness (QED) is 0.278. The van der Waals surface area contributed by atoms with Gasteiger partial charge in [-0.2, -0.15) is 0 Å². The van der Waals surface area contributed by atoms with Crippen LogP contribution in [0, 0.1) is 29.6 Å². The van der Waals surface area contributed by atoms with E-state index in [-0.39, 0.29) is 6.04 Å². The fourth-order valence-electron chi connectivity index (χ4n) is 6.64. The number of hydrogen-bond acceptors (Lipinski definition) is 3. The van der Waals surface area contributed by atoms with Gasteiger partial charge in [0, 0.05) is 17.9 Å². The number of nitrogens with one attached hydrogen (secondary N) is 2. The number of methoxy groups -OCH3 is 1. The van der Waals surface area contributed by atoms with Crippen molar-refractivity contribution in [3.8, 4) is 5.75 Å². The normalized spacial score (nSPS) is 24.4. The van der Waals surface area contributed by atoms with Gasteiger partial charge in [0.1, 0.15) is 5.75 Å². The third-order valence-electron chi connectivity index (χ3n) is 9.73. The minimum atomic E-state index is -0.00109. The molecule has 45 heavy (non-hydrogen) atoms. The molecule has 0 radical (unpaired) electrons. The van der Waals surface area contributed by atoms with Crippen molar-refractivity contribution in [2.24, 2.45) is 29.6 Å². The Morgan fingerprint density at radius 3 is 2.22 bits per heavy atom. The number of ether oxygens (including phenoxy) is 1. The SMILES string of the molecule is C=C1/C=C/C[C@@H](C(C)CC(C)c2ccccc2)CC(=C)C(CC(C)C)CC(=C)C(C)CNC(=C)[C@@H](Cc2ccc(OC)cc2)N1. The van der Waals surface area contributed by atoms with Crippen LogP contribution in [0.25, 0.3) is 0 Å². The lowest BCUT2D eigenvalue weighted by Gasteiger charge is -2.31. The molecule has 0 saturated heterocycles. The van der Waals surface area contributed by atoms with E-state index in [9.17, 15) is 0 Å². The fraction of sp³-hybridized carbons (Fsp3) is 0.476. The molecule has 0 saturated carbocycles. The second-order valence-corrected chi connectivity index (χ2v) is 14.1. The zero-order valence-corrected chi connectivity index (χ0v) is 29.1. The number of benzene rings is 2. The first kappa shape index (κ1) is 36.0. The molecule has 2 aromatic carbocycles. The molecule has 3 nitrogen and oxygen atoms in total. The van der Waals surface area contributed by atoms with Gasteiger partial charge in [-0.25, -0.2) is 0 Å². The van der Waals surface area contributed by atoms with Crippen LogP contribution in [0.3, 0.4) is 0 Å². The summed E-state index contributed by atoms with van der Waals surface area (Å²) in [6, 6.07) is 19.2. The van der Waals surface area contributed by atoms with Crippen molar-refractivity contribution in [2.45, 2.75) is 85.1 Å². The van der Waals surface area contributed by atoms with Gasteiger partial charge in [0.2, 0.25) is 0 Å². The summed E-state index contributed by atoms with van der Waals surface area (Å²) in [4.78, 5) is 0. The molecule has 2 N–H and O–H groups in total. The lowest BCUT2D eigenvalue weighted by Crippen LogP contribution is -2.38. The Balaban J connectivity index is 1.87. The molecule has 0 bridgehead atoms. The molecule has 0 aliphatic carbocycles. The van der Waals surface area contributed by atoms with Crippen LogP contribution >= 0.6 is 0 Å². The average Bonchev–Trinajstić information content (AvgIpc) is 3.02. The molecule has 0 spiro atoms. The average molecular weight is 609 g/mol. The summed E-state index contributed by atoms with van der Waals surface area (Å²) in [6.45, 7) is 30.8. The topological polar surface area (TPSA) is 33.3 Å². The van der Waals surface area contributed by atoms with Crippen molar-refractivity contribution < 1.29 is 4.74 Å². The van der Waals surface area contributed by atoms with Gasteiger partial charge in [0.05, 0.1) is 13.2 Å². The Hall–Kier alpha value is -3.46. The molecule has 0 aromatic heterocycles. The van der Waals surface area contributed by atoms with Crippen LogP contribution in [0.5, 0.6) is 5.75 Å². The third kappa shape index (κ3) is 11.8. The van der Waals surface area contributed by atoms with Crippen molar-refractivity contribution in [3.05, 3.63) is 127 Å². The Morgan fingerprint density at radius 2 is 1.58 bits per heavy atom. The number of allylic oxidation sites excluding steroid dienone is 3. The molecule has 3 heteroatoms. The van der Waals surface area contributed by atoms with Crippen molar-refractivity contribution in [2.75, 3.05) is 13.7 Å². The summed E-state index contributed by atoms with van der Waals surface area (Å²) in [5, 5.41) is 7.32. The first-order valence-electron chi connectivity index (χ1n) is 17.0. The molecular formula is C42H60N2O. The van der Waals surface area contributed by atoms with E-state index in [2.05, 4.69) is 120 Å². The van der Waals surface area contributed by atoms with Crippen LogP contribution < -0.4 is 15.4 Å². The first-order chi connectivity index (χ1) is 21.5. The standard InChI is InChI=1S/C42H60N2O/c1-29(2)23-40-25-30(3)34(7)28-43-36(9)42(27-37-19-21-41(45-10)22-20-37)44-35(8)15-14-18-39(26-33(40)6)32(5)24-31(4)38-16-12-11-13-17-38/h11-17,19-22,29,31-32,34,39-40,42-44H,3,6,8-9,18,23-28H2,1-2,4-5,7,10H3/b15-14+/t31?,32?,34?,39-,40?,42-/m1/s1. The molecule has 3 rings (SSSR count). The molecule has 6 atom stereocenters. The van der Waals surface area contributed by atoms with Crippen molar-refractivity contribution >= 4 is 0 Å². The van der Waals surface area contributed by atoms with Crippen LogP contribution in [0.4, 0.5) is 0 Å². The van der Waals surface area contributed by atoms with Crippen LogP contribution in [-0.4, -0.2) is 19.7 Å². The van der Waals surface area contributed by atoms with Gasteiger partial charge < -0.3 is 15.4 Å². The van der Waals surface area contributed by atoms with E-state index < -0.39 is 0 Å². The summed E-state index contributed by atoms with van der Waals surface area (Å²) >= 11 is 0. The van der Waals surface area contributed by atoms with Gasteiger partial charge in [0.15, 0.2) is 0 Å². The summed E-state index contributed by atoms with van der Waals surface area (Å²) in [6.07, 6.45) is 10.6. The number of rotatable bonds is 9. The molecule has 244 valence electrons. The third-order valence-corrected chi connectivity index (χ3v) is 9.73. The molecular weight excluding hydrogens is 548 g/mol. The first-order valence-corrected chi connectivity index (χ1v) is 17.0. The van der Waals surface area contributed by atoms with E-state index in [1.165, 1.54) is 22.3 Å². The van der Waals surface area contributed by atoms with E-state index in [0.717, 1.165) is 62.2 Å². The van der Waals surface area contributed by atoms with Crippen LogP contribution in [0.15, 0.2) is 116 Å². The molecule has 4 unspecified atom stereocenters. The fourth-order valence-corrected chi connectivity index (χ4v) is 6.64. The molecule has 0 fully saturated rings. The highest BCUT2D eigenvalue weighted by Gasteiger charge is 2.25.